The van der Waals surface area contributed by atoms with E-state index in [0.717, 1.165) is 52.3 Å². The number of nitriles is 1. The van der Waals surface area contributed by atoms with Gasteiger partial charge in [0, 0.05) is 21.8 Å². The second-order valence-electron chi connectivity index (χ2n) is 8.07. The van der Waals surface area contributed by atoms with Gasteiger partial charge in [-0.1, -0.05) is 6.07 Å². The number of nitrogens with zero attached hydrogens (tertiary/aromatic N) is 3. The van der Waals surface area contributed by atoms with Crippen molar-refractivity contribution in [3.63, 3.8) is 0 Å². The third-order valence-corrected chi connectivity index (χ3v) is 7.19. The minimum atomic E-state index is -0.329. The number of methoxy groups -OCH3 is 1. The molecule has 0 spiro atoms. The number of hydrogen-bond donors (Lipinski definition) is 1. The van der Waals surface area contributed by atoms with Crippen molar-refractivity contribution < 1.29 is 9.53 Å². The Morgan fingerprint density at radius 1 is 1.25 bits per heavy atom. The summed E-state index contributed by atoms with van der Waals surface area (Å²) in [5, 5.41) is 15.0. The van der Waals surface area contributed by atoms with Gasteiger partial charge in [-0.2, -0.15) is 10.4 Å². The molecule has 1 N–H and O–H groups in total. The molecule has 1 aliphatic rings. The Bertz CT molecular complexity index is 1260. The van der Waals surface area contributed by atoms with Crippen molar-refractivity contribution in [3.05, 3.63) is 68.3 Å². The quantitative estimate of drug-likeness (QED) is 0.443. The van der Waals surface area contributed by atoms with Crippen LogP contribution in [0.25, 0.3) is 5.00 Å². The molecule has 0 fully saturated rings. The number of carbonyl (C=O) groups is 1. The minimum Gasteiger partial charge on any atom is -0.496 e. The van der Waals surface area contributed by atoms with Gasteiger partial charge in [0.1, 0.15) is 16.8 Å². The van der Waals surface area contributed by atoms with Crippen LogP contribution in [0.5, 0.6) is 5.75 Å². The zero-order valence-corrected chi connectivity index (χ0v) is 19.6. The average Bonchev–Trinajstić information content (AvgIpc) is 3.29. The third kappa shape index (κ3) is 3.94. The van der Waals surface area contributed by atoms with E-state index in [9.17, 15) is 10.1 Å². The van der Waals surface area contributed by atoms with Gasteiger partial charge in [0.05, 0.1) is 24.5 Å². The predicted molar refractivity (Wildman–Crippen MR) is 127 cm³/mol. The maximum atomic E-state index is 12.6. The summed E-state index contributed by atoms with van der Waals surface area (Å²) in [5.41, 5.74) is 8.98. The number of thiophene rings is 1. The van der Waals surface area contributed by atoms with Crippen molar-refractivity contribution in [2.24, 2.45) is 5.10 Å². The maximum absolute atomic E-state index is 12.6. The number of carbonyl (C=O) groups excluding carboxylic acids is 1. The summed E-state index contributed by atoms with van der Waals surface area (Å²) in [6.45, 7) is 5.98. The predicted octanol–water partition coefficient (Wildman–Crippen LogP) is 4.99. The third-order valence-electron chi connectivity index (χ3n) is 5.91. The van der Waals surface area contributed by atoms with Crippen LogP contribution in [-0.4, -0.2) is 23.8 Å². The van der Waals surface area contributed by atoms with E-state index in [1.54, 1.807) is 30.7 Å². The summed E-state index contributed by atoms with van der Waals surface area (Å²) in [6.07, 6.45) is 6.01. The summed E-state index contributed by atoms with van der Waals surface area (Å²) in [7, 11) is 1.54. The van der Waals surface area contributed by atoms with Crippen molar-refractivity contribution in [1.29, 1.82) is 5.26 Å². The minimum absolute atomic E-state index is 0.329. The first-order chi connectivity index (χ1) is 15.4. The van der Waals surface area contributed by atoms with Crippen molar-refractivity contribution in [2.45, 2.75) is 46.5 Å². The Balaban J connectivity index is 1.60. The number of amides is 1. The highest BCUT2D eigenvalue weighted by atomic mass is 32.1. The van der Waals surface area contributed by atoms with Crippen LogP contribution in [-0.2, 0) is 12.8 Å². The lowest BCUT2D eigenvalue weighted by Gasteiger charge is -2.10. The highest BCUT2D eigenvalue weighted by Gasteiger charge is 2.23. The molecular weight excluding hydrogens is 420 g/mol. The zero-order valence-electron chi connectivity index (χ0n) is 18.8. The Labute approximate surface area is 192 Å². The number of hydrogen-bond acceptors (Lipinski definition) is 5. The van der Waals surface area contributed by atoms with Crippen LogP contribution < -0.4 is 10.2 Å². The van der Waals surface area contributed by atoms with Crippen molar-refractivity contribution >= 4 is 23.5 Å². The number of benzene rings is 1. The molecule has 0 bridgehead atoms. The molecule has 7 heteroatoms. The summed E-state index contributed by atoms with van der Waals surface area (Å²) in [5.74, 6) is 0.186. The van der Waals surface area contributed by atoms with Crippen LogP contribution in [0, 0.1) is 32.1 Å². The molecule has 0 saturated heterocycles. The second kappa shape index (κ2) is 9.01. The number of nitrogens with one attached hydrogen (secondary N) is 1. The number of aryl methyl sites for hydroxylation is 3. The topological polar surface area (TPSA) is 79.4 Å². The number of rotatable bonds is 5. The Morgan fingerprint density at radius 3 is 2.78 bits per heavy atom. The summed E-state index contributed by atoms with van der Waals surface area (Å²) >= 11 is 1.72. The molecule has 4 rings (SSSR count). The van der Waals surface area contributed by atoms with Crippen LogP contribution in [0.4, 0.5) is 0 Å². The monoisotopic (exact) mass is 446 g/mol. The second-order valence-corrected chi connectivity index (χ2v) is 9.15. The van der Waals surface area contributed by atoms with Gasteiger partial charge in [-0.15, -0.1) is 11.3 Å². The Morgan fingerprint density at radius 2 is 2.03 bits per heavy atom. The molecule has 0 unspecified atom stereocenters. The molecule has 1 amide bonds. The van der Waals surface area contributed by atoms with Gasteiger partial charge in [-0.05, 0) is 75.8 Å². The highest BCUT2D eigenvalue weighted by molar-refractivity contribution is 7.15. The summed E-state index contributed by atoms with van der Waals surface area (Å²) < 4.78 is 7.45. The van der Waals surface area contributed by atoms with Crippen LogP contribution in [0.1, 0.15) is 61.7 Å². The fourth-order valence-corrected chi connectivity index (χ4v) is 5.71. The average molecular weight is 447 g/mol. The highest BCUT2D eigenvalue weighted by Crippen LogP contribution is 2.38. The summed E-state index contributed by atoms with van der Waals surface area (Å²) in [4.78, 5) is 13.9. The lowest BCUT2D eigenvalue weighted by molar-refractivity contribution is 0.0952. The van der Waals surface area contributed by atoms with Crippen molar-refractivity contribution in [2.75, 3.05) is 7.11 Å². The van der Waals surface area contributed by atoms with E-state index < -0.39 is 0 Å². The molecule has 32 heavy (non-hydrogen) atoms. The van der Waals surface area contributed by atoms with Gasteiger partial charge in [-0.25, -0.2) is 5.43 Å². The fourth-order valence-electron chi connectivity index (χ4n) is 4.26. The van der Waals surface area contributed by atoms with Gasteiger partial charge >= 0.3 is 0 Å². The molecular formula is C25H26N4O2S. The van der Waals surface area contributed by atoms with E-state index in [2.05, 4.69) is 21.2 Å². The standard InChI is InChI=1S/C25H26N4O2S/c1-15-9-10-20(22(11-15)31-4)24(30)28-27-14-18-12-16(2)29(17(18)3)25-21(13-26)19-7-5-6-8-23(19)32-25/h9-12,14H,5-8H2,1-4H3,(H,28,30)/b27-14+. The summed E-state index contributed by atoms with van der Waals surface area (Å²) in [6, 6.07) is 9.88. The van der Waals surface area contributed by atoms with Crippen molar-refractivity contribution in [3.8, 4) is 16.8 Å². The van der Waals surface area contributed by atoms with E-state index in [1.807, 2.05) is 39.0 Å². The number of ether oxygens (including phenoxy) is 1. The lowest BCUT2D eigenvalue weighted by atomic mass is 9.96. The number of hydrazone groups is 1. The molecule has 1 aromatic carbocycles. The molecule has 2 aromatic heterocycles. The zero-order chi connectivity index (χ0) is 22.8. The largest absolute Gasteiger partial charge is 0.496 e. The van der Waals surface area contributed by atoms with E-state index in [1.165, 1.54) is 16.9 Å². The van der Waals surface area contributed by atoms with Gasteiger partial charge in [0.15, 0.2) is 0 Å². The van der Waals surface area contributed by atoms with E-state index >= 15 is 0 Å². The van der Waals surface area contributed by atoms with Crippen molar-refractivity contribution in [1.82, 2.24) is 9.99 Å². The molecule has 0 saturated carbocycles. The van der Waals surface area contributed by atoms with E-state index in [4.69, 9.17) is 4.74 Å². The molecule has 2 heterocycles. The van der Waals surface area contributed by atoms with Gasteiger partial charge in [-0.3, -0.25) is 4.79 Å². The molecule has 6 nitrogen and oxygen atoms in total. The van der Waals surface area contributed by atoms with Gasteiger partial charge in [0.25, 0.3) is 5.91 Å². The fraction of sp³-hybridized carbons (Fsp3) is 0.320. The molecule has 164 valence electrons. The number of fused-ring (bicyclic) bond motifs is 1. The normalized spacial score (nSPS) is 13.1. The first-order valence-electron chi connectivity index (χ1n) is 10.7. The molecule has 3 aromatic rings. The van der Waals surface area contributed by atoms with Crippen LogP contribution >= 0.6 is 11.3 Å². The maximum Gasteiger partial charge on any atom is 0.275 e. The smallest absolute Gasteiger partial charge is 0.275 e. The molecule has 0 atom stereocenters. The molecule has 0 radical (unpaired) electrons. The Kier molecular flexibility index (Phi) is 6.15. The van der Waals surface area contributed by atoms with Gasteiger partial charge < -0.3 is 9.30 Å². The van der Waals surface area contributed by atoms with E-state index in [-0.39, 0.29) is 5.91 Å². The lowest BCUT2D eigenvalue weighted by Crippen LogP contribution is -2.18. The van der Waals surface area contributed by atoms with E-state index in [0.29, 0.717) is 11.3 Å². The first-order valence-corrected chi connectivity index (χ1v) is 11.5. The SMILES string of the molecule is COc1cc(C)ccc1C(=O)N/N=C/c1cc(C)n(-c2sc3c(c2C#N)CCCC3)c1C. The van der Waals surface area contributed by atoms with Gasteiger partial charge in [0.2, 0.25) is 0 Å². The number of aromatic nitrogens is 1. The van der Waals surface area contributed by atoms with Crippen LogP contribution in [0.3, 0.4) is 0 Å². The van der Waals surface area contributed by atoms with Crippen LogP contribution in [0.15, 0.2) is 29.4 Å². The van der Waals surface area contributed by atoms with Crippen LogP contribution in [0.2, 0.25) is 0 Å². The molecule has 1 aliphatic carbocycles. The first kappa shape index (κ1) is 21.8. The Hall–Kier alpha value is -3.37. The molecule has 0 aliphatic heterocycles.